The Morgan fingerprint density at radius 2 is 1.60 bits per heavy atom. The van der Waals surface area contributed by atoms with Crippen molar-refractivity contribution in [3.05, 3.63) is 46.6 Å². The Hall–Kier alpha value is -2.92. The molecule has 35 heavy (non-hydrogen) atoms. The number of rotatable bonds is 3. The van der Waals surface area contributed by atoms with Gasteiger partial charge in [0.25, 0.3) is 5.91 Å². The summed E-state index contributed by atoms with van der Waals surface area (Å²) in [6, 6.07) is 4.41. The number of amides is 1. The zero-order valence-electron chi connectivity index (χ0n) is 19.7. The minimum absolute atomic E-state index is 0.244. The van der Waals surface area contributed by atoms with Crippen LogP contribution in [-0.4, -0.2) is 91.7 Å². The van der Waals surface area contributed by atoms with Crippen LogP contribution < -0.4 is 9.80 Å². The summed E-state index contributed by atoms with van der Waals surface area (Å²) in [6.07, 6.45) is -3.86. The largest absolute Gasteiger partial charge is 0.416 e. The highest BCUT2D eigenvalue weighted by Gasteiger charge is 2.32. The Morgan fingerprint density at radius 3 is 2.26 bits per heavy atom. The number of hydrogen-bond acceptors (Lipinski definition) is 7. The normalized spacial score (nSPS) is 19.6. The van der Waals surface area contributed by atoms with Crippen molar-refractivity contribution in [3.63, 3.8) is 0 Å². The average molecular weight is 491 g/mol. The van der Waals surface area contributed by atoms with Gasteiger partial charge in [0.2, 0.25) is 5.95 Å². The lowest BCUT2D eigenvalue weighted by molar-refractivity contribution is -0.137. The zero-order valence-corrected chi connectivity index (χ0v) is 19.7. The van der Waals surface area contributed by atoms with E-state index in [2.05, 4.69) is 21.7 Å². The van der Waals surface area contributed by atoms with E-state index < -0.39 is 11.7 Å². The van der Waals surface area contributed by atoms with Crippen LogP contribution in [0.3, 0.4) is 0 Å². The van der Waals surface area contributed by atoms with E-state index in [4.69, 9.17) is 14.7 Å². The predicted octanol–water partition coefficient (Wildman–Crippen LogP) is 2.28. The fourth-order valence-corrected chi connectivity index (χ4v) is 4.73. The van der Waals surface area contributed by atoms with Gasteiger partial charge < -0.3 is 24.3 Å². The molecule has 4 heterocycles. The highest BCUT2D eigenvalue weighted by atomic mass is 19.4. The van der Waals surface area contributed by atoms with Crippen molar-refractivity contribution in [2.24, 2.45) is 0 Å². The van der Waals surface area contributed by atoms with Gasteiger partial charge in [-0.1, -0.05) is 0 Å². The minimum Gasteiger partial charge on any atom is -0.378 e. The minimum atomic E-state index is -4.43. The number of carbonyl (C=O) groups is 1. The molecule has 0 saturated carbocycles. The topological polar surface area (TPSA) is 65.0 Å². The van der Waals surface area contributed by atoms with Crippen molar-refractivity contribution in [2.45, 2.75) is 19.1 Å². The molecule has 1 amide bonds. The van der Waals surface area contributed by atoms with Crippen LogP contribution in [0, 0.1) is 0 Å². The lowest BCUT2D eigenvalue weighted by Crippen LogP contribution is -2.46. The number of morpholine rings is 1. The summed E-state index contributed by atoms with van der Waals surface area (Å²) in [7, 11) is 2.09. The lowest BCUT2D eigenvalue weighted by Gasteiger charge is -2.38. The Morgan fingerprint density at radius 1 is 0.914 bits per heavy atom. The molecule has 0 atom stereocenters. The van der Waals surface area contributed by atoms with Gasteiger partial charge in [-0.25, -0.2) is 4.98 Å². The van der Waals surface area contributed by atoms with Crippen LogP contribution in [0.1, 0.15) is 27.2 Å². The Labute approximate surface area is 202 Å². The van der Waals surface area contributed by atoms with Gasteiger partial charge in [0.1, 0.15) is 5.82 Å². The molecule has 188 valence electrons. The molecule has 0 N–H and O–H groups in total. The van der Waals surface area contributed by atoms with Gasteiger partial charge in [-0.2, -0.15) is 18.2 Å². The molecule has 2 saturated heterocycles. The maximum absolute atomic E-state index is 13.2. The van der Waals surface area contributed by atoms with Crippen LogP contribution in [0.4, 0.5) is 24.9 Å². The third-order valence-electron chi connectivity index (χ3n) is 6.87. The van der Waals surface area contributed by atoms with Gasteiger partial charge in [-0.15, -0.1) is 0 Å². The lowest BCUT2D eigenvalue weighted by atomic mass is 10.0. The van der Waals surface area contributed by atoms with Crippen LogP contribution in [0.2, 0.25) is 0 Å². The quantitative estimate of drug-likeness (QED) is 0.654. The van der Waals surface area contributed by atoms with E-state index >= 15 is 0 Å². The molecule has 0 bridgehead atoms. The molecule has 0 aliphatic carbocycles. The van der Waals surface area contributed by atoms with Crippen LogP contribution >= 0.6 is 0 Å². The van der Waals surface area contributed by atoms with Crippen molar-refractivity contribution in [3.8, 4) is 0 Å². The van der Waals surface area contributed by atoms with Gasteiger partial charge >= 0.3 is 6.18 Å². The summed E-state index contributed by atoms with van der Waals surface area (Å²) >= 11 is 0. The predicted molar refractivity (Wildman–Crippen MR) is 125 cm³/mol. The zero-order chi connectivity index (χ0) is 24.6. The van der Waals surface area contributed by atoms with E-state index in [1.807, 2.05) is 0 Å². The number of carbonyl (C=O) groups excluding carboxylic acids is 1. The molecular weight excluding hydrogens is 461 g/mol. The number of fused-ring (bicyclic) bond motifs is 1. The van der Waals surface area contributed by atoms with Crippen molar-refractivity contribution in [1.82, 2.24) is 19.8 Å². The Bertz CT molecular complexity index is 1060. The first-order chi connectivity index (χ1) is 16.8. The number of halogens is 3. The van der Waals surface area contributed by atoms with Gasteiger partial charge in [0.15, 0.2) is 0 Å². The van der Waals surface area contributed by atoms with E-state index in [0.29, 0.717) is 38.7 Å². The number of piperazine rings is 1. The summed E-state index contributed by atoms with van der Waals surface area (Å²) in [5.74, 6) is 1.27. The van der Waals surface area contributed by atoms with Crippen LogP contribution in [0.15, 0.2) is 24.3 Å². The van der Waals surface area contributed by atoms with E-state index in [9.17, 15) is 18.0 Å². The molecular formula is C24H29F3N6O2. The molecule has 2 fully saturated rings. The second-order valence-electron chi connectivity index (χ2n) is 9.21. The number of likely N-dealkylation sites (N-methyl/N-ethyl adjacent to an activating group) is 1. The van der Waals surface area contributed by atoms with Crippen LogP contribution in [0.5, 0.6) is 0 Å². The first-order valence-electron chi connectivity index (χ1n) is 11.9. The molecule has 5 rings (SSSR count). The number of hydrogen-bond donors (Lipinski definition) is 0. The number of benzene rings is 1. The number of ether oxygens (including phenoxy) is 1. The van der Waals surface area contributed by atoms with Gasteiger partial charge in [0, 0.05) is 63.4 Å². The molecule has 0 radical (unpaired) electrons. The summed E-state index contributed by atoms with van der Waals surface area (Å²) in [5, 5.41) is 0. The Balaban J connectivity index is 1.42. The standard InChI is InChI=1S/C24H29F3N6O2/c1-30-8-10-31(11-9-30)21-19-16-33(22(34)17-2-4-18(5-3-17)24(25,26)27)7-6-20(19)28-23(29-21)32-12-14-35-15-13-32/h2-5H,6-16H2,1H3. The van der Waals surface area contributed by atoms with Gasteiger partial charge in [-0.3, -0.25) is 4.79 Å². The number of anilines is 2. The molecule has 1 aromatic heterocycles. The van der Waals surface area contributed by atoms with E-state index in [1.165, 1.54) is 12.1 Å². The fourth-order valence-electron chi connectivity index (χ4n) is 4.73. The molecule has 0 unspecified atom stereocenters. The molecule has 0 spiro atoms. The van der Waals surface area contributed by atoms with E-state index in [1.54, 1.807) is 4.90 Å². The smallest absolute Gasteiger partial charge is 0.378 e. The van der Waals surface area contributed by atoms with E-state index in [0.717, 1.165) is 68.5 Å². The summed E-state index contributed by atoms with van der Waals surface area (Å²) < 4.78 is 44.3. The monoisotopic (exact) mass is 490 g/mol. The van der Waals surface area contributed by atoms with Crippen LogP contribution in [0.25, 0.3) is 0 Å². The molecule has 3 aliphatic heterocycles. The maximum atomic E-state index is 13.2. The van der Waals surface area contributed by atoms with Gasteiger partial charge in [-0.05, 0) is 31.3 Å². The molecule has 3 aliphatic rings. The molecule has 1 aromatic carbocycles. The maximum Gasteiger partial charge on any atom is 0.416 e. The van der Waals surface area contributed by atoms with Crippen LogP contribution in [-0.2, 0) is 23.9 Å². The Kier molecular flexibility index (Phi) is 6.54. The second-order valence-corrected chi connectivity index (χ2v) is 9.21. The first-order valence-corrected chi connectivity index (χ1v) is 11.9. The molecule has 8 nitrogen and oxygen atoms in total. The van der Waals surface area contributed by atoms with Gasteiger partial charge in [0.05, 0.1) is 31.0 Å². The first kappa shape index (κ1) is 23.8. The number of aromatic nitrogens is 2. The number of alkyl halides is 3. The van der Waals surface area contributed by atoms with Crippen molar-refractivity contribution >= 4 is 17.7 Å². The highest BCUT2D eigenvalue weighted by molar-refractivity contribution is 5.94. The SMILES string of the molecule is CN1CCN(c2nc(N3CCOCC3)nc3c2CN(C(=O)c2ccc(C(F)(F)F)cc2)CC3)CC1. The summed E-state index contributed by atoms with van der Waals surface area (Å²) in [5.41, 5.74) is 1.35. The average Bonchev–Trinajstić information content (AvgIpc) is 2.88. The third kappa shape index (κ3) is 5.06. The van der Waals surface area contributed by atoms with E-state index in [-0.39, 0.29) is 11.5 Å². The summed E-state index contributed by atoms with van der Waals surface area (Å²) in [6.45, 7) is 7.03. The third-order valence-corrected chi connectivity index (χ3v) is 6.87. The number of nitrogens with zero attached hydrogens (tertiary/aromatic N) is 6. The van der Waals surface area contributed by atoms with Crippen molar-refractivity contribution in [1.29, 1.82) is 0 Å². The highest BCUT2D eigenvalue weighted by Crippen LogP contribution is 2.32. The molecule has 11 heteroatoms. The molecule has 2 aromatic rings. The fraction of sp³-hybridized carbons (Fsp3) is 0.542. The summed E-state index contributed by atoms with van der Waals surface area (Å²) in [4.78, 5) is 31.4. The van der Waals surface area contributed by atoms with Crippen molar-refractivity contribution in [2.75, 3.05) is 75.9 Å². The second kappa shape index (κ2) is 9.62. The van der Waals surface area contributed by atoms with Crippen molar-refractivity contribution < 1.29 is 22.7 Å².